The van der Waals surface area contributed by atoms with E-state index in [1.54, 1.807) is 23.1 Å². The standard InChI is InChI=1S/C12H15BrN2O2/c1-2-12(17)6-15(7-12)11(16)9-5-8(14)3-4-10(9)13/h3-5,17H,2,6-7,14H2,1H3. The van der Waals surface area contributed by atoms with E-state index < -0.39 is 5.60 Å². The fraction of sp³-hybridized carbons (Fsp3) is 0.417. The molecule has 17 heavy (non-hydrogen) atoms. The molecule has 1 aliphatic rings. The molecule has 0 spiro atoms. The summed E-state index contributed by atoms with van der Waals surface area (Å²) in [5.74, 6) is -0.0951. The van der Waals surface area contributed by atoms with Gasteiger partial charge in [-0.15, -0.1) is 0 Å². The SMILES string of the molecule is CCC1(O)CN(C(=O)c2cc(N)ccc2Br)C1. The average molecular weight is 299 g/mol. The van der Waals surface area contributed by atoms with Gasteiger partial charge in [-0.05, 0) is 40.5 Å². The van der Waals surface area contributed by atoms with Gasteiger partial charge < -0.3 is 15.7 Å². The van der Waals surface area contributed by atoms with E-state index in [1.165, 1.54) is 0 Å². The van der Waals surface area contributed by atoms with Gasteiger partial charge in [-0.2, -0.15) is 0 Å². The van der Waals surface area contributed by atoms with Crippen molar-refractivity contribution in [1.29, 1.82) is 0 Å². The summed E-state index contributed by atoms with van der Waals surface area (Å²) in [4.78, 5) is 13.8. The van der Waals surface area contributed by atoms with Gasteiger partial charge in [0.05, 0.1) is 24.3 Å². The number of likely N-dealkylation sites (tertiary alicyclic amines) is 1. The Bertz CT molecular complexity index is 456. The van der Waals surface area contributed by atoms with Crippen molar-refractivity contribution in [2.75, 3.05) is 18.8 Å². The van der Waals surface area contributed by atoms with E-state index in [1.807, 2.05) is 6.92 Å². The maximum atomic E-state index is 12.1. The fourth-order valence-electron chi connectivity index (χ4n) is 1.91. The summed E-state index contributed by atoms with van der Waals surface area (Å²) in [6, 6.07) is 5.14. The van der Waals surface area contributed by atoms with Crippen molar-refractivity contribution in [2.24, 2.45) is 0 Å². The zero-order valence-electron chi connectivity index (χ0n) is 9.61. The van der Waals surface area contributed by atoms with Gasteiger partial charge >= 0.3 is 0 Å². The van der Waals surface area contributed by atoms with Crippen molar-refractivity contribution in [3.05, 3.63) is 28.2 Å². The van der Waals surface area contributed by atoms with Crippen LogP contribution >= 0.6 is 15.9 Å². The molecule has 1 aromatic rings. The van der Waals surface area contributed by atoms with Gasteiger partial charge in [0.2, 0.25) is 0 Å². The Kier molecular flexibility index (Phi) is 3.14. The quantitative estimate of drug-likeness (QED) is 0.816. The van der Waals surface area contributed by atoms with Crippen molar-refractivity contribution < 1.29 is 9.90 Å². The van der Waals surface area contributed by atoms with Crippen LogP contribution in [0.25, 0.3) is 0 Å². The van der Waals surface area contributed by atoms with E-state index in [2.05, 4.69) is 15.9 Å². The van der Waals surface area contributed by atoms with E-state index >= 15 is 0 Å². The molecule has 1 saturated heterocycles. The van der Waals surface area contributed by atoms with E-state index in [9.17, 15) is 9.90 Å². The summed E-state index contributed by atoms with van der Waals surface area (Å²) in [5.41, 5.74) is 6.06. The Hall–Kier alpha value is -1.07. The molecule has 1 amide bonds. The van der Waals surface area contributed by atoms with Crippen LogP contribution < -0.4 is 5.73 Å². The molecule has 0 bridgehead atoms. The Morgan fingerprint density at radius 2 is 2.24 bits per heavy atom. The predicted molar refractivity (Wildman–Crippen MR) is 69.7 cm³/mol. The number of nitrogens with zero attached hydrogens (tertiary/aromatic N) is 1. The van der Waals surface area contributed by atoms with Gasteiger partial charge in [-0.1, -0.05) is 6.92 Å². The highest BCUT2D eigenvalue weighted by Crippen LogP contribution is 2.28. The zero-order valence-corrected chi connectivity index (χ0v) is 11.2. The van der Waals surface area contributed by atoms with Crippen LogP contribution in [0, 0.1) is 0 Å². The lowest BCUT2D eigenvalue weighted by atomic mass is 9.90. The van der Waals surface area contributed by atoms with Crippen LogP contribution in [0.3, 0.4) is 0 Å². The number of nitrogens with two attached hydrogens (primary N) is 1. The lowest BCUT2D eigenvalue weighted by Gasteiger charge is -2.46. The number of rotatable bonds is 2. The zero-order chi connectivity index (χ0) is 12.6. The van der Waals surface area contributed by atoms with Crippen molar-refractivity contribution in [3.8, 4) is 0 Å². The van der Waals surface area contributed by atoms with Gasteiger partial charge in [-0.3, -0.25) is 4.79 Å². The lowest BCUT2D eigenvalue weighted by molar-refractivity contribution is -0.0826. The second kappa shape index (κ2) is 4.31. The van der Waals surface area contributed by atoms with Crippen LogP contribution in [0.2, 0.25) is 0 Å². The Balaban J connectivity index is 2.14. The molecule has 5 heteroatoms. The molecule has 0 radical (unpaired) electrons. The Morgan fingerprint density at radius 3 is 2.82 bits per heavy atom. The largest absolute Gasteiger partial charge is 0.399 e. The number of halogens is 1. The molecule has 3 N–H and O–H groups in total. The number of anilines is 1. The Labute approximate surface area is 109 Å². The number of hydrogen-bond donors (Lipinski definition) is 2. The first-order chi connectivity index (χ1) is 7.95. The minimum absolute atomic E-state index is 0.0951. The van der Waals surface area contributed by atoms with E-state index in [0.717, 1.165) is 4.47 Å². The number of carbonyl (C=O) groups excluding carboxylic acids is 1. The van der Waals surface area contributed by atoms with Crippen LogP contribution in [-0.4, -0.2) is 34.6 Å². The highest BCUT2D eigenvalue weighted by Gasteiger charge is 2.42. The molecule has 0 saturated carbocycles. The summed E-state index contributed by atoms with van der Waals surface area (Å²) in [6.45, 7) is 2.70. The van der Waals surface area contributed by atoms with Crippen molar-refractivity contribution in [2.45, 2.75) is 18.9 Å². The summed E-state index contributed by atoms with van der Waals surface area (Å²) >= 11 is 3.33. The number of aliphatic hydroxyl groups is 1. The third-order valence-electron chi connectivity index (χ3n) is 3.14. The molecule has 0 aromatic heterocycles. The highest BCUT2D eigenvalue weighted by molar-refractivity contribution is 9.10. The highest BCUT2D eigenvalue weighted by atomic mass is 79.9. The third-order valence-corrected chi connectivity index (χ3v) is 3.83. The molecule has 0 unspecified atom stereocenters. The van der Waals surface area contributed by atoms with Crippen molar-refractivity contribution >= 4 is 27.5 Å². The minimum atomic E-state index is -0.706. The molecule has 1 heterocycles. The third kappa shape index (κ3) is 2.30. The Morgan fingerprint density at radius 1 is 1.59 bits per heavy atom. The molecule has 4 nitrogen and oxygen atoms in total. The van der Waals surface area contributed by atoms with Crippen LogP contribution in [0.1, 0.15) is 23.7 Å². The van der Waals surface area contributed by atoms with E-state index in [-0.39, 0.29) is 5.91 Å². The van der Waals surface area contributed by atoms with Crippen molar-refractivity contribution in [1.82, 2.24) is 4.90 Å². The van der Waals surface area contributed by atoms with E-state index in [4.69, 9.17) is 5.73 Å². The fourth-order valence-corrected chi connectivity index (χ4v) is 2.32. The van der Waals surface area contributed by atoms with Crippen molar-refractivity contribution in [3.63, 3.8) is 0 Å². The minimum Gasteiger partial charge on any atom is -0.399 e. The van der Waals surface area contributed by atoms with Gasteiger partial charge in [0.25, 0.3) is 5.91 Å². The first-order valence-corrected chi connectivity index (χ1v) is 6.31. The summed E-state index contributed by atoms with van der Waals surface area (Å²) < 4.78 is 0.726. The maximum absolute atomic E-state index is 12.1. The average Bonchev–Trinajstić information content (AvgIpc) is 2.27. The number of benzene rings is 1. The molecule has 1 aromatic carbocycles. The van der Waals surface area contributed by atoms with Gasteiger partial charge in [-0.25, -0.2) is 0 Å². The first-order valence-electron chi connectivity index (χ1n) is 5.52. The maximum Gasteiger partial charge on any atom is 0.255 e. The lowest BCUT2D eigenvalue weighted by Crippen LogP contribution is -2.63. The monoisotopic (exact) mass is 298 g/mol. The van der Waals surface area contributed by atoms with Crippen LogP contribution in [0.15, 0.2) is 22.7 Å². The number of nitrogen functional groups attached to an aromatic ring is 1. The second-order valence-corrected chi connectivity index (χ2v) is 5.33. The molecule has 1 aliphatic heterocycles. The number of carbonyl (C=O) groups is 1. The van der Waals surface area contributed by atoms with E-state index in [0.29, 0.717) is 30.8 Å². The number of β-amino-alcohol motifs (C(OH)–C–C–N with tert-alkyl or cyclic N) is 1. The molecule has 2 rings (SSSR count). The van der Waals surface area contributed by atoms with Crippen LogP contribution in [0.5, 0.6) is 0 Å². The predicted octanol–water partition coefficient (Wildman–Crippen LogP) is 1.63. The topological polar surface area (TPSA) is 66.6 Å². The van der Waals surface area contributed by atoms with Crippen LogP contribution in [-0.2, 0) is 0 Å². The number of amides is 1. The molecule has 1 fully saturated rings. The van der Waals surface area contributed by atoms with Gasteiger partial charge in [0, 0.05) is 10.2 Å². The summed E-state index contributed by atoms with van der Waals surface area (Å²) in [5, 5.41) is 9.88. The molecule has 0 aliphatic carbocycles. The first kappa shape index (κ1) is 12.4. The van der Waals surface area contributed by atoms with Gasteiger partial charge in [0.15, 0.2) is 0 Å². The normalized spacial score (nSPS) is 17.7. The molecule has 92 valence electrons. The number of hydrogen-bond acceptors (Lipinski definition) is 3. The molecular weight excluding hydrogens is 284 g/mol. The second-order valence-electron chi connectivity index (χ2n) is 4.48. The summed E-state index contributed by atoms with van der Waals surface area (Å²) in [7, 11) is 0. The smallest absolute Gasteiger partial charge is 0.255 e. The molecular formula is C12H15BrN2O2. The summed E-state index contributed by atoms with van der Waals surface area (Å²) in [6.07, 6.45) is 0.662. The van der Waals surface area contributed by atoms with Gasteiger partial charge in [0.1, 0.15) is 0 Å². The molecule has 0 atom stereocenters. The van der Waals surface area contributed by atoms with Crippen LogP contribution in [0.4, 0.5) is 5.69 Å².